The lowest BCUT2D eigenvalue weighted by atomic mass is 10.0. The van der Waals surface area contributed by atoms with Crippen molar-refractivity contribution in [2.75, 3.05) is 6.61 Å². The number of H-pyrrole nitrogens is 1. The Balaban J connectivity index is 1.82. The fourth-order valence-electron chi connectivity index (χ4n) is 2.59. The summed E-state index contributed by atoms with van der Waals surface area (Å²) in [5.41, 5.74) is 1.91. The van der Waals surface area contributed by atoms with Gasteiger partial charge in [-0.1, -0.05) is 18.2 Å². The van der Waals surface area contributed by atoms with Crippen molar-refractivity contribution in [3.63, 3.8) is 0 Å². The highest BCUT2D eigenvalue weighted by Gasteiger charge is 2.25. The van der Waals surface area contributed by atoms with Gasteiger partial charge in [0.05, 0.1) is 12.9 Å². The average Bonchev–Trinajstić information content (AvgIpc) is 3.24. The highest BCUT2D eigenvalue weighted by Crippen LogP contribution is 2.19. The van der Waals surface area contributed by atoms with Crippen molar-refractivity contribution in [3.8, 4) is 0 Å². The number of amides is 1. The molecule has 1 amide bonds. The molecule has 1 unspecified atom stereocenters. The van der Waals surface area contributed by atoms with Gasteiger partial charge in [-0.15, -0.1) is 0 Å². The van der Waals surface area contributed by atoms with Gasteiger partial charge < -0.3 is 19.5 Å². The highest BCUT2D eigenvalue weighted by atomic mass is 16.5. The predicted molar refractivity (Wildman–Crippen MR) is 88.6 cm³/mol. The lowest BCUT2D eigenvalue weighted by Crippen LogP contribution is -2.43. The van der Waals surface area contributed by atoms with Crippen molar-refractivity contribution in [2.45, 2.75) is 19.4 Å². The standard InChI is InChI=1S/C18H18N2O4/c1-2-23-18(22)15(20-17(21)16-8-5-9-24-16)10-12-11-19-14-7-4-3-6-13(12)14/h3-9,11,15,19H,2,10H2,1H3,(H,20,21). The largest absolute Gasteiger partial charge is 0.464 e. The number of fused-ring (bicyclic) bond motifs is 1. The smallest absolute Gasteiger partial charge is 0.328 e. The molecule has 6 heteroatoms. The van der Waals surface area contributed by atoms with Gasteiger partial charge in [0.15, 0.2) is 5.76 Å². The molecule has 0 aliphatic rings. The minimum Gasteiger partial charge on any atom is -0.464 e. The summed E-state index contributed by atoms with van der Waals surface area (Å²) in [7, 11) is 0. The molecule has 2 aromatic heterocycles. The number of hydrogen-bond acceptors (Lipinski definition) is 4. The monoisotopic (exact) mass is 326 g/mol. The van der Waals surface area contributed by atoms with Gasteiger partial charge in [-0.05, 0) is 30.7 Å². The van der Waals surface area contributed by atoms with E-state index in [1.165, 1.54) is 6.26 Å². The second-order valence-corrected chi connectivity index (χ2v) is 5.32. The van der Waals surface area contributed by atoms with Crippen molar-refractivity contribution >= 4 is 22.8 Å². The van der Waals surface area contributed by atoms with E-state index >= 15 is 0 Å². The van der Waals surface area contributed by atoms with Gasteiger partial charge in [-0.25, -0.2) is 4.79 Å². The zero-order valence-corrected chi connectivity index (χ0v) is 13.2. The van der Waals surface area contributed by atoms with Gasteiger partial charge in [0.25, 0.3) is 5.91 Å². The molecule has 2 N–H and O–H groups in total. The maximum Gasteiger partial charge on any atom is 0.328 e. The van der Waals surface area contributed by atoms with Gasteiger partial charge in [0.2, 0.25) is 0 Å². The number of esters is 1. The van der Waals surface area contributed by atoms with Crippen LogP contribution in [-0.4, -0.2) is 29.5 Å². The molecule has 0 bridgehead atoms. The molecule has 1 aromatic carbocycles. The molecular weight excluding hydrogens is 308 g/mol. The summed E-state index contributed by atoms with van der Waals surface area (Å²) in [6, 6.07) is 10.2. The lowest BCUT2D eigenvalue weighted by Gasteiger charge is -2.16. The van der Waals surface area contributed by atoms with Gasteiger partial charge in [0, 0.05) is 23.5 Å². The number of para-hydroxylation sites is 1. The van der Waals surface area contributed by atoms with E-state index in [2.05, 4.69) is 10.3 Å². The molecule has 0 saturated carbocycles. The Morgan fingerprint density at radius 3 is 2.83 bits per heavy atom. The van der Waals surface area contributed by atoms with Gasteiger partial charge >= 0.3 is 5.97 Å². The van der Waals surface area contributed by atoms with Crippen LogP contribution in [0.25, 0.3) is 10.9 Å². The van der Waals surface area contributed by atoms with Crippen LogP contribution < -0.4 is 5.32 Å². The predicted octanol–water partition coefficient (Wildman–Crippen LogP) is 2.67. The fourth-order valence-corrected chi connectivity index (χ4v) is 2.59. The minimum absolute atomic E-state index is 0.156. The van der Waals surface area contributed by atoms with E-state index in [9.17, 15) is 9.59 Å². The molecule has 0 radical (unpaired) electrons. The van der Waals surface area contributed by atoms with Crippen molar-refractivity contribution in [3.05, 3.63) is 60.2 Å². The number of aromatic nitrogens is 1. The van der Waals surface area contributed by atoms with Crippen molar-refractivity contribution < 1.29 is 18.7 Å². The van der Waals surface area contributed by atoms with Crippen LogP contribution in [0.3, 0.4) is 0 Å². The number of furan rings is 1. The van der Waals surface area contributed by atoms with E-state index in [1.807, 2.05) is 30.5 Å². The molecule has 124 valence electrons. The Kier molecular flexibility index (Phi) is 4.65. The average molecular weight is 326 g/mol. The summed E-state index contributed by atoms with van der Waals surface area (Å²) >= 11 is 0. The Hall–Kier alpha value is -3.02. The third-order valence-corrected chi connectivity index (χ3v) is 3.72. The quantitative estimate of drug-likeness (QED) is 0.682. The van der Waals surface area contributed by atoms with Crippen LogP contribution in [0.15, 0.2) is 53.3 Å². The van der Waals surface area contributed by atoms with Crippen LogP contribution in [0.5, 0.6) is 0 Å². The SMILES string of the molecule is CCOC(=O)C(Cc1c[nH]c2ccccc12)NC(=O)c1ccco1. The number of carbonyl (C=O) groups excluding carboxylic acids is 2. The molecule has 0 aliphatic carbocycles. The van der Waals surface area contributed by atoms with E-state index in [0.717, 1.165) is 16.5 Å². The van der Waals surface area contributed by atoms with E-state index in [0.29, 0.717) is 6.42 Å². The molecule has 2 heterocycles. The molecule has 24 heavy (non-hydrogen) atoms. The number of carbonyl (C=O) groups is 2. The molecular formula is C18H18N2O4. The summed E-state index contributed by atoms with van der Waals surface area (Å²) in [5, 5.41) is 3.70. The number of hydrogen-bond donors (Lipinski definition) is 2. The van der Waals surface area contributed by atoms with E-state index in [-0.39, 0.29) is 12.4 Å². The van der Waals surface area contributed by atoms with Crippen molar-refractivity contribution in [1.29, 1.82) is 0 Å². The molecule has 3 aromatic rings. The molecule has 6 nitrogen and oxygen atoms in total. The Labute approximate surface area is 138 Å². The normalized spacial score (nSPS) is 12.0. The van der Waals surface area contributed by atoms with Gasteiger partial charge in [0.1, 0.15) is 6.04 Å². The van der Waals surface area contributed by atoms with Crippen molar-refractivity contribution in [1.82, 2.24) is 10.3 Å². The maximum atomic E-state index is 12.2. The molecule has 1 atom stereocenters. The first kappa shape index (κ1) is 15.9. The van der Waals surface area contributed by atoms with Gasteiger partial charge in [-0.3, -0.25) is 4.79 Å². The first-order valence-corrected chi connectivity index (χ1v) is 7.75. The minimum atomic E-state index is -0.790. The first-order chi connectivity index (χ1) is 11.7. The zero-order valence-electron chi connectivity index (χ0n) is 13.2. The van der Waals surface area contributed by atoms with Crippen LogP contribution in [0, 0.1) is 0 Å². The third-order valence-electron chi connectivity index (χ3n) is 3.72. The van der Waals surface area contributed by atoms with Crippen molar-refractivity contribution in [2.24, 2.45) is 0 Å². The number of nitrogens with one attached hydrogen (secondary N) is 2. The topological polar surface area (TPSA) is 84.3 Å². The Bertz CT molecular complexity index is 836. The van der Waals surface area contributed by atoms with Crippen LogP contribution in [-0.2, 0) is 16.0 Å². The number of ether oxygens (including phenoxy) is 1. The molecule has 0 fully saturated rings. The molecule has 0 saturated heterocycles. The third kappa shape index (κ3) is 3.32. The summed E-state index contributed by atoms with van der Waals surface area (Å²) in [6.07, 6.45) is 3.58. The Morgan fingerprint density at radius 1 is 1.25 bits per heavy atom. The Morgan fingerprint density at radius 2 is 2.08 bits per heavy atom. The second kappa shape index (κ2) is 7.04. The van der Waals surface area contributed by atoms with E-state index in [1.54, 1.807) is 19.1 Å². The first-order valence-electron chi connectivity index (χ1n) is 7.75. The summed E-state index contributed by atoms with van der Waals surface area (Å²) in [6.45, 7) is 1.98. The number of rotatable bonds is 6. The van der Waals surface area contributed by atoms with E-state index in [4.69, 9.17) is 9.15 Å². The fraction of sp³-hybridized carbons (Fsp3) is 0.222. The summed E-state index contributed by atoms with van der Waals surface area (Å²) in [4.78, 5) is 27.6. The van der Waals surface area contributed by atoms with Gasteiger partial charge in [-0.2, -0.15) is 0 Å². The maximum absolute atomic E-state index is 12.2. The number of aromatic amines is 1. The lowest BCUT2D eigenvalue weighted by molar-refractivity contribution is -0.145. The van der Waals surface area contributed by atoms with E-state index < -0.39 is 17.9 Å². The second-order valence-electron chi connectivity index (χ2n) is 5.32. The van der Waals surface area contributed by atoms with Crippen LogP contribution in [0.4, 0.5) is 0 Å². The van der Waals surface area contributed by atoms with Crippen LogP contribution >= 0.6 is 0 Å². The summed E-state index contributed by atoms with van der Waals surface area (Å²) in [5.74, 6) is -0.760. The molecule has 3 rings (SSSR count). The molecule has 0 aliphatic heterocycles. The molecule has 0 spiro atoms. The van der Waals surface area contributed by atoms with Crippen LogP contribution in [0.2, 0.25) is 0 Å². The number of benzene rings is 1. The van der Waals surface area contributed by atoms with Crippen LogP contribution in [0.1, 0.15) is 23.0 Å². The zero-order chi connectivity index (χ0) is 16.9. The highest BCUT2D eigenvalue weighted by molar-refractivity contribution is 5.95. The summed E-state index contributed by atoms with van der Waals surface area (Å²) < 4.78 is 10.2.